The maximum absolute atomic E-state index is 11.8. The van der Waals surface area contributed by atoms with Crippen LogP contribution in [0.1, 0.15) is 21.7 Å². The lowest BCUT2D eigenvalue weighted by molar-refractivity contribution is 0.104. The highest BCUT2D eigenvalue weighted by Gasteiger charge is 2.04. The number of furan rings is 1. The van der Waals surface area contributed by atoms with E-state index in [4.69, 9.17) is 4.42 Å². The molecule has 0 spiro atoms. The first-order valence-electron chi connectivity index (χ1n) is 5.22. The summed E-state index contributed by atoms with van der Waals surface area (Å²) >= 11 is 0. The molecule has 0 fully saturated rings. The van der Waals surface area contributed by atoms with E-state index in [1.165, 1.54) is 12.1 Å². The fourth-order valence-electron chi connectivity index (χ4n) is 1.45. The number of aromatic hydroxyl groups is 1. The highest BCUT2D eigenvalue weighted by molar-refractivity contribution is 6.06. The Balaban J connectivity index is 2.17. The van der Waals surface area contributed by atoms with Crippen molar-refractivity contribution in [3.8, 4) is 5.75 Å². The largest absolute Gasteiger partial charge is 0.508 e. The molecule has 0 amide bonds. The zero-order valence-electron chi connectivity index (χ0n) is 9.38. The molecule has 0 atom stereocenters. The number of carbonyl (C=O) groups is 1. The lowest BCUT2D eigenvalue weighted by atomic mass is 10.1. The molecule has 1 aromatic carbocycles. The van der Waals surface area contributed by atoms with Crippen LogP contribution in [-0.4, -0.2) is 10.9 Å². The van der Waals surface area contributed by atoms with E-state index in [1.54, 1.807) is 43.5 Å². The second-order valence-corrected chi connectivity index (χ2v) is 3.71. The summed E-state index contributed by atoms with van der Waals surface area (Å²) in [7, 11) is 0. The summed E-state index contributed by atoms with van der Waals surface area (Å²) in [5.74, 6) is 0.704. The van der Waals surface area contributed by atoms with E-state index < -0.39 is 0 Å². The van der Waals surface area contributed by atoms with Gasteiger partial charge in [0.25, 0.3) is 0 Å². The van der Waals surface area contributed by atoms with E-state index in [0.29, 0.717) is 16.9 Å². The second kappa shape index (κ2) is 4.70. The van der Waals surface area contributed by atoms with E-state index in [-0.39, 0.29) is 11.5 Å². The Hall–Kier alpha value is -2.29. The van der Waals surface area contributed by atoms with Gasteiger partial charge in [0.2, 0.25) is 0 Å². The van der Waals surface area contributed by atoms with Crippen LogP contribution in [0.2, 0.25) is 0 Å². The van der Waals surface area contributed by atoms with E-state index in [0.717, 1.165) is 0 Å². The molecular formula is C14H12O3. The molecule has 17 heavy (non-hydrogen) atoms. The van der Waals surface area contributed by atoms with Crippen molar-refractivity contribution in [2.24, 2.45) is 0 Å². The molecule has 0 radical (unpaired) electrons. The van der Waals surface area contributed by atoms with E-state index in [1.807, 2.05) is 0 Å². The lowest BCUT2D eigenvalue weighted by Gasteiger charge is -2.00. The normalized spacial score (nSPS) is 10.9. The molecule has 0 bridgehead atoms. The SMILES string of the molecule is Cc1cc(C(=O)/C=C/c2ccco2)ccc1O. The maximum atomic E-state index is 11.8. The number of benzene rings is 1. The van der Waals surface area contributed by atoms with Crippen molar-refractivity contribution in [2.75, 3.05) is 0 Å². The van der Waals surface area contributed by atoms with E-state index in [9.17, 15) is 9.90 Å². The molecule has 0 aliphatic carbocycles. The average Bonchev–Trinajstić information content (AvgIpc) is 2.82. The van der Waals surface area contributed by atoms with Crippen molar-refractivity contribution >= 4 is 11.9 Å². The van der Waals surface area contributed by atoms with Crippen molar-refractivity contribution in [2.45, 2.75) is 6.92 Å². The maximum Gasteiger partial charge on any atom is 0.185 e. The molecule has 0 saturated carbocycles. The van der Waals surface area contributed by atoms with Crippen molar-refractivity contribution < 1.29 is 14.3 Å². The smallest absolute Gasteiger partial charge is 0.185 e. The highest BCUT2D eigenvalue weighted by Crippen LogP contribution is 2.17. The van der Waals surface area contributed by atoms with Crippen LogP contribution < -0.4 is 0 Å². The predicted molar refractivity (Wildman–Crippen MR) is 64.9 cm³/mol. The highest BCUT2D eigenvalue weighted by atomic mass is 16.3. The third-order valence-corrected chi connectivity index (χ3v) is 2.42. The van der Waals surface area contributed by atoms with Gasteiger partial charge in [-0.05, 0) is 55.0 Å². The number of aryl methyl sites for hydroxylation is 1. The molecule has 2 rings (SSSR count). The fourth-order valence-corrected chi connectivity index (χ4v) is 1.45. The Labute approximate surface area is 99.0 Å². The summed E-state index contributed by atoms with van der Waals surface area (Å²) in [5.41, 5.74) is 1.23. The van der Waals surface area contributed by atoms with Gasteiger partial charge >= 0.3 is 0 Å². The van der Waals surface area contributed by atoms with Gasteiger partial charge in [-0.2, -0.15) is 0 Å². The van der Waals surface area contributed by atoms with Crippen LogP contribution in [0.25, 0.3) is 6.08 Å². The van der Waals surface area contributed by atoms with E-state index in [2.05, 4.69) is 0 Å². The Morgan fingerprint density at radius 1 is 1.35 bits per heavy atom. The summed E-state index contributed by atoms with van der Waals surface area (Å²) in [4.78, 5) is 11.8. The third-order valence-electron chi connectivity index (χ3n) is 2.42. The number of phenolic OH excluding ortho intramolecular Hbond substituents is 1. The Morgan fingerprint density at radius 2 is 2.18 bits per heavy atom. The molecule has 0 aliphatic rings. The van der Waals surface area contributed by atoms with Crippen LogP contribution >= 0.6 is 0 Å². The van der Waals surface area contributed by atoms with Crippen LogP contribution in [0.5, 0.6) is 5.75 Å². The number of carbonyl (C=O) groups excluding carboxylic acids is 1. The number of hydrogen-bond donors (Lipinski definition) is 1. The molecule has 0 saturated heterocycles. The van der Waals surface area contributed by atoms with Gasteiger partial charge in [0.05, 0.1) is 6.26 Å². The molecule has 0 aliphatic heterocycles. The topological polar surface area (TPSA) is 50.4 Å². The molecule has 3 nitrogen and oxygen atoms in total. The number of hydrogen-bond acceptors (Lipinski definition) is 3. The minimum absolute atomic E-state index is 0.121. The Kier molecular flexibility index (Phi) is 3.10. The number of allylic oxidation sites excluding steroid dienone is 1. The lowest BCUT2D eigenvalue weighted by Crippen LogP contribution is -1.94. The first-order valence-corrected chi connectivity index (χ1v) is 5.22. The van der Waals surface area contributed by atoms with Gasteiger partial charge in [0, 0.05) is 5.56 Å². The molecule has 1 heterocycles. The zero-order valence-corrected chi connectivity index (χ0v) is 9.38. The van der Waals surface area contributed by atoms with Gasteiger partial charge < -0.3 is 9.52 Å². The minimum atomic E-state index is -0.121. The molecule has 1 N–H and O–H groups in total. The minimum Gasteiger partial charge on any atom is -0.508 e. The second-order valence-electron chi connectivity index (χ2n) is 3.71. The van der Waals surface area contributed by atoms with Gasteiger partial charge in [0.15, 0.2) is 5.78 Å². The molecule has 1 aromatic heterocycles. The number of rotatable bonds is 3. The Morgan fingerprint density at radius 3 is 2.82 bits per heavy atom. The Bertz CT molecular complexity index is 551. The third kappa shape index (κ3) is 2.64. The van der Waals surface area contributed by atoms with Crippen molar-refractivity contribution in [1.82, 2.24) is 0 Å². The van der Waals surface area contributed by atoms with Gasteiger partial charge in [-0.15, -0.1) is 0 Å². The van der Waals surface area contributed by atoms with Gasteiger partial charge in [-0.1, -0.05) is 0 Å². The average molecular weight is 228 g/mol. The number of phenols is 1. The van der Waals surface area contributed by atoms with Crippen LogP contribution in [-0.2, 0) is 0 Å². The quantitative estimate of drug-likeness (QED) is 0.648. The van der Waals surface area contributed by atoms with Crippen LogP contribution in [0.4, 0.5) is 0 Å². The van der Waals surface area contributed by atoms with Crippen molar-refractivity contribution in [1.29, 1.82) is 0 Å². The van der Waals surface area contributed by atoms with Gasteiger partial charge in [-0.3, -0.25) is 4.79 Å². The summed E-state index contributed by atoms with van der Waals surface area (Å²) in [6, 6.07) is 8.30. The summed E-state index contributed by atoms with van der Waals surface area (Å²) < 4.78 is 5.08. The summed E-state index contributed by atoms with van der Waals surface area (Å²) in [5, 5.41) is 9.36. The van der Waals surface area contributed by atoms with Crippen molar-refractivity contribution in [3.05, 3.63) is 59.6 Å². The fraction of sp³-hybridized carbons (Fsp3) is 0.0714. The summed E-state index contributed by atoms with van der Waals surface area (Å²) in [6.07, 6.45) is 4.62. The first kappa shape index (κ1) is 11.2. The van der Waals surface area contributed by atoms with Crippen LogP contribution in [0.3, 0.4) is 0 Å². The van der Waals surface area contributed by atoms with Gasteiger partial charge in [-0.25, -0.2) is 0 Å². The molecule has 86 valence electrons. The monoisotopic (exact) mass is 228 g/mol. The van der Waals surface area contributed by atoms with E-state index >= 15 is 0 Å². The predicted octanol–water partition coefficient (Wildman–Crippen LogP) is 3.19. The molecule has 3 heteroatoms. The first-order chi connectivity index (χ1) is 8.16. The zero-order chi connectivity index (χ0) is 12.3. The van der Waals surface area contributed by atoms with Crippen molar-refractivity contribution in [3.63, 3.8) is 0 Å². The summed E-state index contributed by atoms with van der Waals surface area (Å²) in [6.45, 7) is 1.75. The van der Waals surface area contributed by atoms with Crippen LogP contribution in [0, 0.1) is 6.92 Å². The molecule has 2 aromatic rings. The standard InChI is InChI=1S/C14H12O3/c1-10-9-11(4-6-13(10)15)14(16)7-5-12-3-2-8-17-12/h2-9,15H,1H3/b7-5+. The van der Waals surface area contributed by atoms with Gasteiger partial charge in [0.1, 0.15) is 11.5 Å². The molecular weight excluding hydrogens is 216 g/mol. The number of ketones is 1. The molecule has 0 unspecified atom stereocenters. The van der Waals surface area contributed by atoms with Crippen LogP contribution in [0.15, 0.2) is 47.1 Å².